The van der Waals surface area contributed by atoms with Gasteiger partial charge in [-0.15, -0.1) is 0 Å². The maximum Gasteiger partial charge on any atom is 0.301 e. The molecule has 18 nitrogen and oxygen atoms in total. The van der Waals surface area contributed by atoms with Gasteiger partial charge in [0.1, 0.15) is 35.0 Å². The Morgan fingerprint density at radius 1 is 1.05 bits per heavy atom. The molecule has 4 aromatic rings. The number of anilines is 2. The second-order valence-electron chi connectivity index (χ2n) is 17.2. The van der Waals surface area contributed by atoms with E-state index < -0.39 is 45.1 Å². The van der Waals surface area contributed by atoms with Crippen molar-refractivity contribution in [1.82, 2.24) is 29.0 Å². The number of piperidine rings is 3. The smallest absolute Gasteiger partial charge is 0.301 e. The summed E-state index contributed by atoms with van der Waals surface area (Å²) in [6.07, 6.45) is 4.91. The zero-order valence-corrected chi connectivity index (χ0v) is 37.6. The van der Waals surface area contributed by atoms with Crippen molar-refractivity contribution in [3.8, 4) is 23.3 Å². The summed E-state index contributed by atoms with van der Waals surface area (Å²) >= 11 is 0. The number of fused-ring (bicyclic) bond motifs is 1. The Morgan fingerprint density at radius 2 is 1.80 bits per heavy atom. The molecule has 3 N–H and O–H groups in total. The van der Waals surface area contributed by atoms with E-state index in [1.807, 2.05) is 11.0 Å². The van der Waals surface area contributed by atoms with E-state index >= 15 is 8.78 Å². The maximum absolute atomic E-state index is 15.5. The maximum atomic E-state index is 15.5. The Kier molecular flexibility index (Phi) is 13.3. The topological polar surface area (TPSA) is 218 Å². The van der Waals surface area contributed by atoms with Crippen molar-refractivity contribution in [2.75, 3.05) is 70.1 Å². The highest BCUT2D eigenvalue weighted by atomic mass is 32.2. The van der Waals surface area contributed by atoms with Gasteiger partial charge in [0.05, 0.1) is 60.5 Å². The minimum atomic E-state index is -4.04. The Hall–Kier alpha value is -6.21. The summed E-state index contributed by atoms with van der Waals surface area (Å²) in [5.74, 6) is -2.30. The lowest BCUT2D eigenvalue weighted by Crippen LogP contribution is -2.50. The minimum Gasteiger partial charge on any atom is -0.495 e. The summed E-state index contributed by atoms with van der Waals surface area (Å²) in [4.78, 5) is 59.8. The number of hydrogen-bond donors (Lipinski definition) is 3. The fraction of sp³-hybridized carbons (Fsp3) is 0.467. The molecule has 0 radical (unpaired) electrons. The summed E-state index contributed by atoms with van der Waals surface area (Å²) in [6.45, 7) is 4.45. The summed E-state index contributed by atoms with van der Waals surface area (Å²) in [5, 5.41) is 15.4. The zero-order chi connectivity index (χ0) is 46.9. The summed E-state index contributed by atoms with van der Waals surface area (Å²) in [5.41, 5.74) is -0.260. The third-order valence-electron chi connectivity index (χ3n) is 13.2. The number of carbonyl (C=O) groups excluding carboxylic acids is 3. The molecule has 2 atom stereocenters. The number of carbonyl (C=O) groups is 3. The van der Waals surface area contributed by atoms with Gasteiger partial charge in [-0.3, -0.25) is 38.7 Å². The highest BCUT2D eigenvalue weighted by Gasteiger charge is 2.44. The molecular weight excluding hydrogens is 881 g/mol. The summed E-state index contributed by atoms with van der Waals surface area (Å²) in [7, 11) is -1.21. The van der Waals surface area contributed by atoms with E-state index in [1.54, 1.807) is 13.0 Å². The number of nitrogens with zero attached hydrogens (tertiary/aromatic N) is 6. The van der Waals surface area contributed by atoms with E-state index in [-0.39, 0.29) is 77.8 Å². The van der Waals surface area contributed by atoms with Crippen LogP contribution in [0.3, 0.4) is 0 Å². The largest absolute Gasteiger partial charge is 0.495 e. The molecule has 1 spiro atoms. The van der Waals surface area contributed by atoms with Crippen LogP contribution in [0.2, 0.25) is 0 Å². The predicted molar refractivity (Wildman–Crippen MR) is 237 cm³/mol. The Bertz CT molecular complexity index is 2770. The molecule has 4 aliphatic rings. The number of halogens is 2. The number of rotatable bonds is 13. The van der Waals surface area contributed by atoms with Crippen molar-refractivity contribution in [1.29, 1.82) is 5.26 Å². The van der Waals surface area contributed by atoms with Gasteiger partial charge >= 0.3 is 10.2 Å². The van der Waals surface area contributed by atoms with Crippen LogP contribution in [0.15, 0.2) is 53.6 Å². The van der Waals surface area contributed by atoms with Gasteiger partial charge in [-0.2, -0.15) is 18.0 Å². The molecule has 4 fully saturated rings. The predicted octanol–water partition coefficient (Wildman–Crippen LogP) is 4.37. The van der Waals surface area contributed by atoms with Crippen molar-refractivity contribution in [2.45, 2.75) is 75.5 Å². The number of imide groups is 1. The number of methoxy groups -OCH3 is 1. The van der Waals surface area contributed by atoms with E-state index in [2.05, 4.69) is 25.2 Å². The van der Waals surface area contributed by atoms with Crippen LogP contribution in [0.25, 0.3) is 10.9 Å². The van der Waals surface area contributed by atoms with Crippen LogP contribution >= 0.6 is 0 Å². The highest BCUT2D eigenvalue weighted by molar-refractivity contribution is 7.90. The summed E-state index contributed by atoms with van der Waals surface area (Å²) in [6, 6.07) is 10.3. The zero-order valence-electron chi connectivity index (χ0n) is 36.8. The molecule has 4 saturated heterocycles. The van der Waals surface area contributed by atoms with Crippen molar-refractivity contribution in [2.24, 2.45) is 0 Å². The number of aromatic nitrogens is 2. The van der Waals surface area contributed by atoms with Crippen LogP contribution in [0.1, 0.15) is 75.0 Å². The normalized spacial score (nSPS) is 20.3. The summed E-state index contributed by atoms with van der Waals surface area (Å²) < 4.78 is 78.6. The molecule has 3 amide bonds. The van der Waals surface area contributed by atoms with E-state index in [9.17, 15) is 32.9 Å². The van der Waals surface area contributed by atoms with Crippen molar-refractivity contribution in [3.05, 3.63) is 81.9 Å². The molecular formula is C45H51F2N9O9S. The van der Waals surface area contributed by atoms with E-state index in [1.165, 1.54) is 49.3 Å². The van der Waals surface area contributed by atoms with Crippen LogP contribution < -0.4 is 30.4 Å². The number of amides is 3. The lowest BCUT2D eigenvalue weighted by molar-refractivity contribution is -0.137. The van der Waals surface area contributed by atoms with Crippen molar-refractivity contribution in [3.63, 3.8) is 0 Å². The lowest BCUT2D eigenvalue weighted by Gasteiger charge is -2.40. The van der Waals surface area contributed by atoms with Crippen LogP contribution in [-0.4, -0.2) is 121 Å². The van der Waals surface area contributed by atoms with Gasteiger partial charge in [0.25, 0.3) is 5.56 Å². The molecule has 0 saturated carbocycles. The number of nitriles is 1. The van der Waals surface area contributed by atoms with E-state index in [4.69, 9.17) is 14.2 Å². The van der Waals surface area contributed by atoms with Gasteiger partial charge in [-0.05, 0) is 99.5 Å². The molecule has 66 heavy (non-hydrogen) atoms. The number of nitrogens with one attached hydrogen (secondary N) is 3. The molecule has 8 rings (SSSR count). The molecule has 2 unspecified atom stereocenters. The minimum absolute atomic E-state index is 0.00133. The number of hydrogen-bond acceptors (Lipinski definition) is 13. The first-order chi connectivity index (χ1) is 31.6. The van der Waals surface area contributed by atoms with Crippen LogP contribution in [0.5, 0.6) is 17.2 Å². The fourth-order valence-electron chi connectivity index (χ4n) is 9.18. The molecule has 0 bridgehead atoms. The van der Waals surface area contributed by atoms with Gasteiger partial charge in [0.15, 0.2) is 11.6 Å². The van der Waals surface area contributed by atoms with E-state index in [0.717, 1.165) is 16.4 Å². The Labute approximate surface area is 380 Å². The Morgan fingerprint density at radius 3 is 2.50 bits per heavy atom. The van der Waals surface area contributed by atoms with Crippen LogP contribution in [0, 0.1) is 23.0 Å². The fourth-order valence-corrected chi connectivity index (χ4v) is 10.1. The first kappa shape index (κ1) is 46.3. The van der Waals surface area contributed by atoms with Crippen LogP contribution in [0.4, 0.5) is 20.2 Å². The third kappa shape index (κ3) is 9.54. The average Bonchev–Trinajstić information content (AvgIpc) is 3.71. The van der Waals surface area contributed by atoms with Gasteiger partial charge < -0.3 is 24.4 Å². The van der Waals surface area contributed by atoms with E-state index in [0.29, 0.717) is 87.2 Å². The second kappa shape index (κ2) is 18.9. The number of benzene rings is 3. The molecule has 5 heterocycles. The standard InChI is InChI=1S/C45H51F2N9O9S/c1-4-53(2)66(61,62)52-36-8-6-33(46)42(32(36)23-48)65-29-5-7-35-31(19-29)44(60)56(26-49-35)28-22-45(64-25-28)13-17-55(18-14-45)41(58)24-54-15-11-27(12-16-54)30-20-39(63-3)38(21-34(30)47)50-37-9-10-40(57)51-43(37)59/h5-8,19-21,26-28,37,50,52H,4,9-18,22,24-25H2,1-3H3,(H,51,57,59). The first-order valence-electron chi connectivity index (χ1n) is 21.9. The highest BCUT2D eigenvalue weighted by Crippen LogP contribution is 2.41. The molecule has 1 aromatic heterocycles. The quantitative estimate of drug-likeness (QED) is 0.159. The lowest BCUT2D eigenvalue weighted by atomic mass is 9.87. The molecule has 21 heteroatoms. The first-order valence-corrected chi connectivity index (χ1v) is 23.3. The third-order valence-corrected chi connectivity index (χ3v) is 14.7. The Balaban J connectivity index is 0.856. The monoisotopic (exact) mass is 931 g/mol. The molecule has 3 aromatic carbocycles. The van der Waals surface area contributed by atoms with Gasteiger partial charge in [0, 0.05) is 39.2 Å². The molecule has 4 aliphatic heterocycles. The number of ether oxygens (including phenoxy) is 3. The number of likely N-dealkylation sites (tertiary alicyclic amines) is 2. The van der Waals surface area contributed by atoms with Gasteiger partial charge in [-0.1, -0.05) is 6.92 Å². The SMILES string of the molecule is CCN(C)S(=O)(=O)Nc1ccc(F)c(Oc2ccc3ncn(C4COC5(CCN(C(=O)CN6CCC(c7cc(OC)c(NC8CCC(=O)NC8=O)cc7F)CC6)CC5)C4)c(=O)c3c2)c1C#N. The van der Waals surface area contributed by atoms with Crippen molar-refractivity contribution < 1.29 is 45.8 Å². The van der Waals surface area contributed by atoms with Gasteiger partial charge in [-0.25, -0.2) is 13.8 Å². The molecule has 350 valence electrons. The molecule has 0 aliphatic carbocycles. The second-order valence-corrected chi connectivity index (χ2v) is 19.0. The average molecular weight is 932 g/mol. The van der Waals surface area contributed by atoms with Crippen LogP contribution in [-0.2, 0) is 29.3 Å². The van der Waals surface area contributed by atoms with Gasteiger partial charge in [0.2, 0.25) is 17.7 Å². The van der Waals surface area contributed by atoms with Crippen molar-refractivity contribution >= 4 is 50.2 Å².